The van der Waals surface area contributed by atoms with Crippen molar-refractivity contribution >= 4 is 21.4 Å². The highest BCUT2D eigenvalue weighted by Gasteiger charge is 2.36. The molecule has 7 nitrogen and oxygen atoms in total. The molecule has 0 atom stereocenters. The Hall–Kier alpha value is -2.57. The molecular formula is C18H17F3N4O3S2. The number of sulfonamides is 1. The van der Waals surface area contributed by atoms with Gasteiger partial charge in [-0.1, -0.05) is 12.1 Å². The van der Waals surface area contributed by atoms with Gasteiger partial charge >= 0.3 is 6.18 Å². The highest BCUT2D eigenvalue weighted by molar-refractivity contribution is 7.89. The van der Waals surface area contributed by atoms with Gasteiger partial charge in [0.25, 0.3) is 5.56 Å². The summed E-state index contributed by atoms with van der Waals surface area (Å²) in [6.07, 6.45) is -4.82. The number of alkyl halides is 3. The topological polar surface area (TPSA) is 94.0 Å². The lowest BCUT2D eigenvalue weighted by molar-refractivity contribution is -0.139. The van der Waals surface area contributed by atoms with E-state index in [0.717, 1.165) is 32.4 Å². The molecule has 2 aromatic heterocycles. The van der Waals surface area contributed by atoms with E-state index in [9.17, 15) is 26.4 Å². The number of aromatic nitrogens is 3. The molecule has 1 aromatic carbocycles. The summed E-state index contributed by atoms with van der Waals surface area (Å²) in [4.78, 5) is 16.3. The highest BCUT2D eigenvalue weighted by atomic mass is 32.2. The fraction of sp³-hybridized carbons (Fsp3) is 0.278. The smallest absolute Gasteiger partial charge is 0.268 e. The van der Waals surface area contributed by atoms with Crippen LogP contribution in [0.2, 0.25) is 0 Å². The van der Waals surface area contributed by atoms with E-state index in [1.165, 1.54) is 23.5 Å². The average Bonchev–Trinajstić information content (AvgIpc) is 3.00. The molecular weight excluding hydrogens is 441 g/mol. The lowest BCUT2D eigenvalue weighted by Gasteiger charge is -2.14. The summed E-state index contributed by atoms with van der Waals surface area (Å²) in [5.41, 5.74) is -0.471. The van der Waals surface area contributed by atoms with Crippen molar-refractivity contribution in [1.82, 2.24) is 19.5 Å². The van der Waals surface area contributed by atoms with E-state index in [0.29, 0.717) is 11.8 Å². The van der Waals surface area contributed by atoms with E-state index in [2.05, 4.69) is 14.8 Å². The standard InChI is InChI=1S/C18H17F3N4O3S2/c1-11-17(29-12(2)23-11)14-7-8-16(26)25(24-14)10-9-22-30(27,28)15-6-4-3-5-13(15)18(19,20)21/h3-8,22H,9-10H2,1-2H3. The van der Waals surface area contributed by atoms with Crippen molar-refractivity contribution in [2.45, 2.75) is 31.5 Å². The minimum Gasteiger partial charge on any atom is -0.268 e. The average molecular weight is 458 g/mol. The minimum absolute atomic E-state index is 0.156. The second kappa shape index (κ2) is 8.28. The van der Waals surface area contributed by atoms with Gasteiger partial charge in [0.2, 0.25) is 10.0 Å². The first-order chi connectivity index (χ1) is 14.0. The van der Waals surface area contributed by atoms with Crippen LogP contribution in [0.1, 0.15) is 16.3 Å². The Labute approximate surface area is 174 Å². The molecule has 0 saturated heterocycles. The van der Waals surface area contributed by atoms with Gasteiger partial charge in [0.15, 0.2) is 0 Å². The Morgan fingerprint density at radius 3 is 2.47 bits per heavy atom. The van der Waals surface area contributed by atoms with Gasteiger partial charge in [-0.3, -0.25) is 4.79 Å². The molecule has 3 rings (SSSR count). The number of nitrogens with zero attached hydrogens (tertiary/aromatic N) is 3. The largest absolute Gasteiger partial charge is 0.417 e. The second-order valence-electron chi connectivity index (χ2n) is 6.32. The predicted octanol–water partition coefficient (Wildman–Crippen LogP) is 2.98. The molecule has 0 fully saturated rings. The van der Waals surface area contributed by atoms with Crippen LogP contribution in [0.25, 0.3) is 10.6 Å². The zero-order valence-electron chi connectivity index (χ0n) is 15.9. The lowest BCUT2D eigenvalue weighted by atomic mass is 10.2. The summed E-state index contributed by atoms with van der Waals surface area (Å²) < 4.78 is 67.2. The number of hydrogen-bond acceptors (Lipinski definition) is 6. The zero-order valence-corrected chi connectivity index (χ0v) is 17.5. The monoisotopic (exact) mass is 458 g/mol. The van der Waals surface area contributed by atoms with Crippen LogP contribution in [-0.4, -0.2) is 29.7 Å². The molecule has 0 spiro atoms. The van der Waals surface area contributed by atoms with Crippen molar-refractivity contribution in [2.24, 2.45) is 0 Å². The SMILES string of the molecule is Cc1nc(C)c(-c2ccc(=O)n(CCNS(=O)(=O)c3ccccc3C(F)(F)F)n2)s1. The van der Waals surface area contributed by atoms with Gasteiger partial charge in [0.05, 0.1) is 32.6 Å². The molecule has 0 aliphatic carbocycles. The van der Waals surface area contributed by atoms with Crippen LogP contribution in [0, 0.1) is 13.8 Å². The third kappa shape index (κ3) is 4.77. The van der Waals surface area contributed by atoms with Gasteiger partial charge in [0, 0.05) is 12.6 Å². The van der Waals surface area contributed by atoms with Crippen LogP contribution in [0.4, 0.5) is 13.2 Å². The molecule has 0 radical (unpaired) electrons. The van der Waals surface area contributed by atoms with Crippen molar-refractivity contribution in [3.05, 3.63) is 63.0 Å². The summed E-state index contributed by atoms with van der Waals surface area (Å²) in [6.45, 7) is 3.18. The first-order valence-electron chi connectivity index (χ1n) is 8.67. The van der Waals surface area contributed by atoms with Crippen molar-refractivity contribution < 1.29 is 21.6 Å². The highest BCUT2D eigenvalue weighted by Crippen LogP contribution is 2.33. The van der Waals surface area contributed by atoms with Gasteiger partial charge in [-0.05, 0) is 32.0 Å². The number of aryl methyl sites for hydroxylation is 2. The van der Waals surface area contributed by atoms with Gasteiger partial charge in [-0.2, -0.15) is 18.3 Å². The van der Waals surface area contributed by atoms with Crippen molar-refractivity contribution in [1.29, 1.82) is 0 Å². The molecule has 30 heavy (non-hydrogen) atoms. The van der Waals surface area contributed by atoms with Gasteiger partial charge in [-0.15, -0.1) is 11.3 Å². The third-order valence-corrected chi connectivity index (χ3v) is 6.72. The first-order valence-corrected chi connectivity index (χ1v) is 11.0. The molecule has 3 aromatic rings. The van der Waals surface area contributed by atoms with E-state index in [-0.39, 0.29) is 13.1 Å². The van der Waals surface area contributed by atoms with E-state index in [1.807, 2.05) is 13.8 Å². The molecule has 0 aliphatic heterocycles. The van der Waals surface area contributed by atoms with E-state index >= 15 is 0 Å². The van der Waals surface area contributed by atoms with Crippen LogP contribution < -0.4 is 10.3 Å². The zero-order chi connectivity index (χ0) is 22.1. The Morgan fingerprint density at radius 1 is 1.13 bits per heavy atom. The molecule has 0 amide bonds. The van der Waals surface area contributed by atoms with Gasteiger partial charge in [0.1, 0.15) is 5.69 Å². The summed E-state index contributed by atoms with van der Waals surface area (Å²) in [5, 5.41) is 5.06. The molecule has 2 heterocycles. The van der Waals surface area contributed by atoms with Crippen LogP contribution in [0.3, 0.4) is 0 Å². The second-order valence-corrected chi connectivity index (χ2v) is 9.26. The molecule has 0 unspecified atom stereocenters. The van der Waals surface area contributed by atoms with E-state index in [1.54, 1.807) is 6.07 Å². The van der Waals surface area contributed by atoms with E-state index in [4.69, 9.17) is 0 Å². The fourth-order valence-corrected chi connectivity index (χ4v) is 4.93. The maximum atomic E-state index is 13.1. The van der Waals surface area contributed by atoms with Crippen molar-refractivity contribution in [3.63, 3.8) is 0 Å². The Bertz CT molecular complexity index is 1230. The van der Waals surface area contributed by atoms with Crippen LogP contribution >= 0.6 is 11.3 Å². The van der Waals surface area contributed by atoms with Crippen molar-refractivity contribution in [3.8, 4) is 10.6 Å². The number of halogens is 3. The van der Waals surface area contributed by atoms with Crippen LogP contribution in [0.15, 0.2) is 46.1 Å². The summed E-state index contributed by atoms with van der Waals surface area (Å²) in [6, 6.07) is 6.74. The number of nitrogens with one attached hydrogen (secondary N) is 1. The molecule has 12 heteroatoms. The molecule has 0 bridgehead atoms. The minimum atomic E-state index is -4.82. The van der Waals surface area contributed by atoms with Gasteiger partial charge in [-0.25, -0.2) is 22.8 Å². The first kappa shape index (κ1) is 22.1. The summed E-state index contributed by atoms with van der Waals surface area (Å²) >= 11 is 1.40. The number of thiazole rings is 1. The molecule has 0 saturated carbocycles. The maximum absolute atomic E-state index is 13.1. The maximum Gasteiger partial charge on any atom is 0.417 e. The number of rotatable bonds is 6. The fourth-order valence-electron chi connectivity index (χ4n) is 2.80. The Kier molecular flexibility index (Phi) is 6.11. The van der Waals surface area contributed by atoms with Gasteiger partial charge < -0.3 is 0 Å². The number of benzene rings is 1. The van der Waals surface area contributed by atoms with Crippen LogP contribution in [0.5, 0.6) is 0 Å². The number of hydrogen-bond donors (Lipinski definition) is 1. The normalized spacial score (nSPS) is 12.3. The van der Waals surface area contributed by atoms with Crippen molar-refractivity contribution in [2.75, 3.05) is 6.54 Å². The van der Waals surface area contributed by atoms with E-state index < -0.39 is 32.2 Å². The lowest BCUT2D eigenvalue weighted by Crippen LogP contribution is -2.32. The Balaban J connectivity index is 1.80. The molecule has 0 aliphatic rings. The quantitative estimate of drug-likeness (QED) is 0.613. The third-order valence-electron chi connectivity index (χ3n) is 4.10. The van der Waals surface area contributed by atoms with Crippen LogP contribution in [-0.2, 0) is 22.7 Å². The predicted molar refractivity (Wildman–Crippen MR) is 106 cm³/mol. The molecule has 160 valence electrons. The molecule has 1 N–H and O–H groups in total. The Morgan fingerprint density at radius 2 is 1.83 bits per heavy atom. The summed E-state index contributed by atoms with van der Waals surface area (Å²) in [5.74, 6) is 0. The summed E-state index contributed by atoms with van der Waals surface area (Å²) in [7, 11) is -4.44.